The molecule has 0 spiro atoms. The minimum absolute atomic E-state index is 0.770. The Balaban J connectivity index is 2.25. The lowest BCUT2D eigenvalue weighted by Gasteiger charge is -2.01. The number of aromatic amines is 1. The molecule has 1 aromatic heterocycles. The van der Waals surface area contributed by atoms with Crippen molar-refractivity contribution in [3.8, 4) is 0 Å². The second-order valence-electron chi connectivity index (χ2n) is 2.97. The van der Waals surface area contributed by atoms with Gasteiger partial charge < -0.3 is 5.73 Å². The first-order chi connectivity index (χ1) is 6.74. The Morgan fingerprint density at radius 2 is 2.21 bits per heavy atom. The summed E-state index contributed by atoms with van der Waals surface area (Å²) in [5.74, 6) is 0. The van der Waals surface area contributed by atoms with Gasteiger partial charge in [-0.2, -0.15) is 5.10 Å². The maximum absolute atomic E-state index is 5.73. The summed E-state index contributed by atoms with van der Waals surface area (Å²) < 4.78 is 0. The standard InChI is InChI=1S/C9H10N4S/c1-6-2-7(10)4-8(3-6)14-9-11-5-12-13-9/h2-5H,10H2,1H3,(H,11,12,13). The summed E-state index contributed by atoms with van der Waals surface area (Å²) in [6, 6.07) is 5.91. The summed E-state index contributed by atoms with van der Waals surface area (Å²) in [5, 5.41) is 7.33. The molecule has 0 radical (unpaired) electrons. The number of hydrogen-bond donors (Lipinski definition) is 2. The Labute approximate surface area is 85.9 Å². The highest BCUT2D eigenvalue weighted by molar-refractivity contribution is 7.99. The highest BCUT2D eigenvalue weighted by atomic mass is 32.2. The van der Waals surface area contributed by atoms with Gasteiger partial charge in [0.2, 0.25) is 0 Å². The van der Waals surface area contributed by atoms with E-state index in [4.69, 9.17) is 5.73 Å². The minimum atomic E-state index is 0.770. The molecule has 0 aliphatic rings. The zero-order chi connectivity index (χ0) is 9.97. The molecule has 14 heavy (non-hydrogen) atoms. The monoisotopic (exact) mass is 206 g/mol. The topological polar surface area (TPSA) is 67.6 Å². The van der Waals surface area contributed by atoms with E-state index in [-0.39, 0.29) is 0 Å². The van der Waals surface area contributed by atoms with E-state index >= 15 is 0 Å². The number of H-pyrrole nitrogens is 1. The van der Waals surface area contributed by atoms with Crippen LogP contribution in [0.3, 0.4) is 0 Å². The van der Waals surface area contributed by atoms with E-state index in [0.717, 1.165) is 21.3 Å². The Morgan fingerprint density at radius 3 is 2.86 bits per heavy atom. The van der Waals surface area contributed by atoms with Gasteiger partial charge in [-0.1, -0.05) is 11.8 Å². The van der Waals surface area contributed by atoms with Crippen molar-refractivity contribution in [1.29, 1.82) is 0 Å². The van der Waals surface area contributed by atoms with Gasteiger partial charge in [0.05, 0.1) is 0 Å². The van der Waals surface area contributed by atoms with Crippen LogP contribution in [0.4, 0.5) is 5.69 Å². The number of nitrogens with zero attached hydrogens (tertiary/aromatic N) is 2. The van der Waals surface area contributed by atoms with Crippen LogP contribution in [-0.4, -0.2) is 15.2 Å². The van der Waals surface area contributed by atoms with Crippen molar-refractivity contribution in [2.24, 2.45) is 0 Å². The van der Waals surface area contributed by atoms with Crippen LogP contribution in [0.15, 0.2) is 34.6 Å². The molecule has 0 aliphatic heterocycles. The molecule has 0 bridgehead atoms. The zero-order valence-electron chi connectivity index (χ0n) is 7.69. The number of hydrogen-bond acceptors (Lipinski definition) is 4. The SMILES string of the molecule is Cc1cc(N)cc(Sc2ncn[nH]2)c1. The fourth-order valence-corrected chi connectivity index (χ4v) is 2.05. The number of benzene rings is 1. The fraction of sp³-hybridized carbons (Fsp3) is 0.111. The van der Waals surface area contributed by atoms with E-state index in [9.17, 15) is 0 Å². The predicted molar refractivity (Wildman–Crippen MR) is 56.1 cm³/mol. The first-order valence-corrected chi connectivity index (χ1v) is 4.96. The largest absolute Gasteiger partial charge is 0.399 e. The van der Waals surface area contributed by atoms with Crippen LogP contribution < -0.4 is 5.73 Å². The third-order valence-corrected chi connectivity index (χ3v) is 2.54. The van der Waals surface area contributed by atoms with Crippen molar-refractivity contribution in [2.75, 3.05) is 5.73 Å². The van der Waals surface area contributed by atoms with Crippen molar-refractivity contribution in [1.82, 2.24) is 15.2 Å². The van der Waals surface area contributed by atoms with Crippen molar-refractivity contribution in [3.63, 3.8) is 0 Å². The lowest BCUT2D eigenvalue weighted by Crippen LogP contribution is -1.86. The van der Waals surface area contributed by atoms with E-state index in [0.29, 0.717) is 0 Å². The maximum Gasteiger partial charge on any atom is 0.188 e. The first-order valence-electron chi connectivity index (χ1n) is 4.14. The minimum Gasteiger partial charge on any atom is -0.399 e. The van der Waals surface area contributed by atoms with E-state index in [2.05, 4.69) is 21.2 Å². The van der Waals surface area contributed by atoms with Crippen LogP contribution in [0.25, 0.3) is 0 Å². The van der Waals surface area contributed by atoms with Gasteiger partial charge >= 0.3 is 0 Å². The van der Waals surface area contributed by atoms with Crippen molar-refractivity contribution < 1.29 is 0 Å². The van der Waals surface area contributed by atoms with Gasteiger partial charge in [0.25, 0.3) is 0 Å². The van der Waals surface area contributed by atoms with Crippen molar-refractivity contribution >= 4 is 17.4 Å². The molecule has 3 N–H and O–H groups in total. The van der Waals surface area contributed by atoms with E-state index in [1.807, 2.05) is 19.1 Å². The fourth-order valence-electron chi connectivity index (χ4n) is 1.19. The lowest BCUT2D eigenvalue weighted by molar-refractivity contribution is 0.973. The molecule has 0 fully saturated rings. The summed E-state index contributed by atoms with van der Waals surface area (Å²) in [6.45, 7) is 2.01. The van der Waals surface area contributed by atoms with Gasteiger partial charge in [0, 0.05) is 10.6 Å². The summed E-state index contributed by atoms with van der Waals surface area (Å²) in [5.41, 5.74) is 7.64. The zero-order valence-corrected chi connectivity index (χ0v) is 8.51. The quantitative estimate of drug-likeness (QED) is 0.736. The van der Waals surface area contributed by atoms with Gasteiger partial charge in [-0.15, -0.1) is 0 Å². The summed E-state index contributed by atoms with van der Waals surface area (Å²) in [4.78, 5) is 5.10. The van der Waals surface area contributed by atoms with E-state index < -0.39 is 0 Å². The number of nitrogens with one attached hydrogen (secondary N) is 1. The Bertz CT molecular complexity index is 404. The van der Waals surface area contributed by atoms with Crippen LogP contribution in [0, 0.1) is 6.92 Å². The third-order valence-electron chi connectivity index (χ3n) is 1.68. The molecule has 2 aromatic rings. The lowest BCUT2D eigenvalue weighted by atomic mass is 10.2. The van der Waals surface area contributed by atoms with Gasteiger partial charge in [-0.05, 0) is 30.7 Å². The van der Waals surface area contributed by atoms with Crippen LogP contribution in [0.5, 0.6) is 0 Å². The molecule has 72 valence electrons. The molecular formula is C9H10N4S. The summed E-state index contributed by atoms with van der Waals surface area (Å²) in [6.07, 6.45) is 1.49. The maximum atomic E-state index is 5.73. The van der Waals surface area contributed by atoms with Gasteiger partial charge in [0.15, 0.2) is 5.16 Å². The number of aromatic nitrogens is 3. The molecule has 0 atom stereocenters. The second-order valence-corrected chi connectivity index (χ2v) is 4.03. The molecule has 1 heterocycles. The summed E-state index contributed by atoms with van der Waals surface area (Å²) >= 11 is 1.51. The van der Waals surface area contributed by atoms with Gasteiger partial charge in [-0.3, -0.25) is 5.10 Å². The molecule has 0 aliphatic carbocycles. The molecule has 5 heteroatoms. The molecule has 0 unspecified atom stereocenters. The molecule has 1 aromatic carbocycles. The molecule has 0 saturated heterocycles. The number of rotatable bonds is 2. The third kappa shape index (κ3) is 2.05. The average molecular weight is 206 g/mol. The Kier molecular flexibility index (Phi) is 2.41. The second kappa shape index (κ2) is 3.71. The van der Waals surface area contributed by atoms with Gasteiger partial charge in [-0.25, -0.2) is 4.98 Å². The molecule has 0 saturated carbocycles. The number of nitrogen functional groups attached to an aromatic ring is 1. The van der Waals surface area contributed by atoms with E-state index in [1.165, 1.54) is 18.1 Å². The van der Waals surface area contributed by atoms with Crippen LogP contribution in [-0.2, 0) is 0 Å². The number of anilines is 1. The Hall–Kier alpha value is -1.49. The van der Waals surface area contributed by atoms with Crippen LogP contribution in [0.1, 0.15) is 5.56 Å². The molecular weight excluding hydrogens is 196 g/mol. The Morgan fingerprint density at radius 1 is 1.36 bits per heavy atom. The highest BCUT2D eigenvalue weighted by Crippen LogP contribution is 2.26. The van der Waals surface area contributed by atoms with Crippen LogP contribution >= 0.6 is 11.8 Å². The number of aryl methyl sites for hydroxylation is 1. The van der Waals surface area contributed by atoms with Crippen LogP contribution in [0.2, 0.25) is 0 Å². The average Bonchev–Trinajstić information content (AvgIpc) is 2.54. The van der Waals surface area contributed by atoms with Crippen molar-refractivity contribution in [2.45, 2.75) is 17.0 Å². The first kappa shape index (κ1) is 9.08. The van der Waals surface area contributed by atoms with Crippen molar-refractivity contribution in [3.05, 3.63) is 30.1 Å². The molecule has 0 amide bonds. The number of nitrogens with two attached hydrogens (primary N) is 1. The highest BCUT2D eigenvalue weighted by Gasteiger charge is 2.01. The van der Waals surface area contributed by atoms with Gasteiger partial charge in [0.1, 0.15) is 6.33 Å². The summed E-state index contributed by atoms with van der Waals surface area (Å²) in [7, 11) is 0. The molecule has 4 nitrogen and oxygen atoms in total. The normalized spacial score (nSPS) is 10.4. The smallest absolute Gasteiger partial charge is 0.188 e. The predicted octanol–water partition coefficient (Wildman–Crippen LogP) is 1.85. The molecule has 2 rings (SSSR count). The van der Waals surface area contributed by atoms with E-state index in [1.54, 1.807) is 0 Å².